The molecule has 0 radical (unpaired) electrons. The van der Waals surface area contributed by atoms with Gasteiger partial charge in [0.1, 0.15) is 0 Å². The highest BCUT2D eigenvalue weighted by Crippen LogP contribution is 2.22. The zero-order chi connectivity index (χ0) is 17.0. The van der Waals surface area contributed by atoms with Crippen LogP contribution in [0.5, 0.6) is 0 Å². The molecule has 4 amide bonds. The Labute approximate surface area is 134 Å². The molecule has 1 fully saturated rings. The van der Waals surface area contributed by atoms with Gasteiger partial charge in [0, 0.05) is 26.3 Å². The fourth-order valence-corrected chi connectivity index (χ4v) is 2.23. The van der Waals surface area contributed by atoms with Crippen LogP contribution < -0.4 is 10.6 Å². The molecule has 7 heteroatoms. The fourth-order valence-electron chi connectivity index (χ4n) is 2.23. The first-order valence-corrected chi connectivity index (χ1v) is 6.91. The van der Waals surface area contributed by atoms with Gasteiger partial charge in [0.2, 0.25) is 0 Å². The monoisotopic (exact) mass is 315 g/mol. The van der Waals surface area contributed by atoms with Crippen LogP contribution in [0.25, 0.3) is 0 Å². The minimum Gasteiger partial charge on any atom is -0.373 e. The standard InChI is InChI=1S/C11H13NO2.C5H4N2O2/c1-12-7-8-3-4-9(14-2)5-6-10(8)11(12)13;1-2-3-4(8)7-5(9)6-3/h3-6,9H,7H2,1-2H3;1,3H,(H2,6,7,8,9). The largest absolute Gasteiger partial charge is 0.373 e. The van der Waals surface area contributed by atoms with Crippen LogP contribution in [0.4, 0.5) is 4.79 Å². The number of nitrogens with one attached hydrogen (secondary N) is 2. The van der Waals surface area contributed by atoms with E-state index in [1.807, 2.05) is 36.7 Å². The summed E-state index contributed by atoms with van der Waals surface area (Å²) in [6.45, 7) is 0.700. The van der Waals surface area contributed by atoms with Gasteiger partial charge in [0.15, 0.2) is 6.04 Å². The third-order valence-corrected chi connectivity index (χ3v) is 3.48. The maximum absolute atomic E-state index is 11.6. The van der Waals surface area contributed by atoms with Crippen LogP contribution in [0.3, 0.4) is 0 Å². The molecule has 0 saturated carbocycles. The number of rotatable bonds is 1. The summed E-state index contributed by atoms with van der Waals surface area (Å²) in [4.78, 5) is 34.1. The number of likely N-dealkylation sites (N-methyl/N-ethyl adjacent to an activating group) is 1. The number of ether oxygens (including phenoxy) is 1. The van der Waals surface area contributed by atoms with Gasteiger partial charge in [-0.3, -0.25) is 14.9 Å². The van der Waals surface area contributed by atoms with Crippen LogP contribution >= 0.6 is 0 Å². The minimum atomic E-state index is -0.780. The number of carbonyl (C=O) groups excluding carboxylic acids is 3. The van der Waals surface area contributed by atoms with Crippen molar-refractivity contribution in [3.63, 3.8) is 0 Å². The molecule has 23 heavy (non-hydrogen) atoms. The summed E-state index contributed by atoms with van der Waals surface area (Å²) < 4.78 is 5.17. The molecule has 1 aliphatic carbocycles. The van der Waals surface area contributed by atoms with Crippen LogP contribution in [0.2, 0.25) is 0 Å². The van der Waals surface area contributed by atoms with Gasteiger partial charge in [0.25, 0.3) is 11.8 Å². The SMILES string of the molecule is C#CC1NC(=O)NC1=O.COC1C=CC2=C(C=C1)C(=O)N(C)C2. The second-order valence-electron chi connectivity index (χ2n) is 5.08. The number of imide groups is 1. The van der Waals surface area contributed by atoms with Crippen molar-refractivity contribution in [2.24, 2.45) is 0 Å². The van der Waals surface area contributed by atoms with E-state index in [-0.39, 0.29) is 12.0 Å². The highest BCUT2D eigenvalue weighted by Gasteiger charge is 2.27. The van der Waals surface area contributed by atoms with E-state index < -0.39 is 18.0 Å². The predicted octanol–water partition coefficient (Wildman–Crippen LogP) is -0.276. The highest BCUT2D eigenvalue weighted by atomic mass is 16.5. The molecule has 3 rings (SSSR count). The molecule has 7 nitrogen and oxygen atoms in total. The second kappa shape index (κ2) is 6.94. The fraction of sp³-hybridized carbons (Fsp3) is 0.312. The second-order valence-corrected chi connectivity index (χ2v) is 5.08. The number of nitrogens with zero attached hydrogens (tertiary/aromatic N) is 1. The molecule has 2 aliphatic heterocycles. The Balaban J connectivity index is 0.000000185. The number of carbonyl (C=O) groups is 3. The molecular weight excluding hydrogens is 298 g/mol. The lowest BCUT2D eigenvalue weighted by Crippen LogP contribution is -2.26. The van der Waals surface area contributed by atoms with E-state index in [0.29, 0.717) is 6.54 Å². The molecule has 120 valence electrons. The summed E-state index contributed by atoms with van der Waals surface area (Å²) in [5.41, 5.74) is 1.87. The van der Waals surface area contributed by atoms with Crippen molar-refractivity contribution in [3.05, 3.63) is 35.5 Å². The summed E-state index contributed by atoms with van der Waals surface area (Å²) >= 11 is 0. The zero-order valence-corrected chi connectivity index (χ0v) is 12.8. The minimum absolute atomic E-state index is 0.0151. The molecule has 0 aromatic carbocycles. The van der Waals surface area contributed by atoms with E-state index in [0.717, 1.165) is 11.1 Å². The van der Waals surface area contributed by atoms with Gasteiger partial charge in [-0.2, -0.15) is 0 Å². The maximum Gasteiger partial charge on any atom is 0.322 e. The van der Waals surface area contributed by atoms with Crippen molar-refractivity contribution >= 4 is 17.8 Å². The van der Waals surface area contributed by atoms with Crippen molar-refractivity contribution in [1.82, 2.24) is 15.5 Å². The number of terminal acetylenes is 1. The van der Waals surface area contributed by atoms with E-state index in [1.165, 1.54) is 0 Å². The van der Waals surface area contributed by atoms with E-state index in [4.69, 9.17) is 11.2 Å². The molecule has 2 heterocycles. The molecule has 1 saturated heterocycles. The Morgan fingerprint density at radius 2 is 2.00 bits per heavy atom. The Bertz CT molecular complexity index is 669. The molecular formula is C16H17N3O4. The van der Waals surface area contributed by atoms with Gasteiger partial charge in [-0.25, -0.2) is 4.79 Å². The molecule has 0 spiro atoms. The molecule has 0 bridgehead atoms. The van der Waals surface area contributed by atoms with Gasteiger partial charge < -0.3 is 15.0 Å². The summed E-state index contributed by atoms with van der Waals surface area (Å²) in [6.07, 6.45) is 12.5. The third-order valence-electron chi connectivity index (χ3n) is 3.48. The number of amides is 4. The summed E-state index contributed by atoms with van der Waals surface area (Å²) in [5, 5.41) is 4.20. The van der Waals surface area contributed by atoms with Gasteiger partial charge >= 0.3 is 6.03 Å². The Morgan fingerprint density at radius 3 is 2.52 bits per heavy atom. The van der Waals surface area contributed by atoms with Crippen molar-refractivity contribution in [3.8, 4) is 12.3 Å². The lowest BCUT2D eigenvalue weighted by atomic mass is 10.1. The van der Waals surface area contributed by atoms with Crippen LogP contribution in [0.15, 0.2) is 35.5 Å². The van der Waals surface area contributed by atoms with E-state index in [2.05, 4.69) is 11.2 Å². The summed E-state index contributed by atoms with van der Waals surface area (Å²) in [6, 6.07) is -1.31. The lowest BCUT2D eigenvalue weighted by molar-refractivity contribution is -0.124. The first kappa shape index (κ1) is 16.5. The topological polar surface area (TPSA) is 87.7 Å². The molecule has 3 aliphatic rings. The Morgan fingerprint density at radius 1 is 1.30 bits per heavy atom. The van der Waals surface area contributed by atoms with Gasteiger partial charge in [-0.15, -0.1) is 6.42 Å². The van der Waals surface area contributed by atoms with Crippen LogP contribution in [-0.2, 0) is 14.3 Å². The molecule has 2 N–H and O–H groups in total. The first-order valence-electron chi connectivity index (χ1n) is 6.91. The first-order chi connectivity index (χ1) is 11.0. The third kappa shape index (κ3) is 3.67. The van der Waals surface area contributed by atoms with E-state index >= 15 is 0 Å². The van der Waals surface area contributed by atoms with Gasteiger partial charge in [0.05, 0.1) is 6.10 Å². The van der Waals surface area contributed by atoms with Crippen LogP contribution in [0, 0.1) is 12.3 Å². The van der Waals surface area contributed by atoms with E-state index in [1.54, 1.807) is 12.0 Å². The Kier molecular flexibility index (Phi) is 4.98. The van der Waals surface area contributed by atoms with Crippen LogP contribution in [-0.4, -0.2) is 55.6 Å². The van der Waals surface area contributed by atoms with E-state index in [9.17, 15) is 14.4 Å². The zero-order valence-electron chi connectivity index (χ0n) is 12.8. The number of hydrogen-bond acceptors (Lipinski definition) is 4. The molecule has 2 atom stereocenters. The summed E-state index contributed by atoms with van der Waals surface area (Å²) in [5.74, 6) is 1.74. The van der Waals surface area contributed by atoms with Crippen molar-refractivity contribution in [2.45, 2.75) is 12.1 Å². The summed E-state index contributed by atoms with van der Waals surface area (Å²) in [7, 11) is 3.47. The average Bonchev–Trinajstić information content (AvgIpc) is 2.90. The number of urea groups is 1. The maximum atomic E-state index is 11.6. The molecule has 2 unspecified atom stereocenters. The quantitative estimate of drug-likeness (QED) is 0.515. The lowest BCUT2D eigenvalue weighted by Gasteiger charge is -2.08. The van der Waals surface area contributed by atoms with Crippen molar-refractivity contribution < 1.29 is 19.1 Å². The Hall–Kier alpha value is -2.85. The van der Waals surface area contributed by atoms with Crippen molar-refractivity contribution in [1.29, 1.82) is 0 Å². The average molecular weight is 315 g/mol. The molecule has 0 aromatic rings. The van der Waals surface area contributed by atoms with Gasteiger partial charge in [-0.1, -0.05) is 30.2 Å². The molecule has 0 aromatic heterocycles. The smallest absolute Gasteiger partial charge is 0.322 e. The normalized spacial score (nSPS) is 25.3. The number of methoxy groups -OCH3 is 1. The van der Waals surface area contributed by atoms with Gasteiger partial charge in [-0.05, 0) is 5.57 Å². The highest BCUT2D eigenvalue weighted by molar-refractivity contribution is 6.05. The number of hydrogen-bond donors (Lipinski definition) is 2. The van der Waals surface area contributed by atoms with Crippen molar-refractivity contribution in [2.75, 3.05) is 20.7 Å². The van der Waals surface area contributed by atoms with Crippen LogP contribution in [0.1, 0.15) is 0 Å². The predicted molar refractivity (Wildman–Crippen MR) is 83.0 cm³/mol.